The van der Waals surface area contributed by atoms with Crippen LogP contribution in [-0.4, -0.2) is 48.4 Å². The Bertz CT molecular complexity index is 974. The van der Waals surface area contributed by atoms with Gasteiger partial charge >= 0.3 is 5.97 Å². The van der Waals surface area contributed by atoms with Gasteiger partial charge in [-0.1, -0.05) is 12.8 Å². The Kier molecular flexibility index (Phi) is 6.60. The third-order valence-electron chi connectivity index (χ3n) is 6.47. The van der Waals surface area contributed by atoms with Crippen LogP contribution < -0.4 is 10.6 Å². The first kappa shape index (κ1) is 22.1. The summed E-state index contributed by atoms with van der Waals surface area (Å²) in [5.74, 6) is -0.819. The zero-order valence-corrected chi connectivity index (χ0v) is 18.3. The molecule has 0 atom stereocenters. The number of ether oxygens (including phenoxy) is 1. The van der Waals surface area contributed by atoms with E-state index in [1.807, 2.05) is 0 Å². The first-order valence-electron chi connectivity index (χ1n) is 11.1. The fourth-order valence-electron chi connectivity index (χ4n) is 4.84. The fourth-order valence-corrected chi connectivity index (χ4v) is 4.84. The van der Waals surface area contributed by atoms with Gasteiger partial charge in [-0.25, -0.2) is 4.79 Å². The molecule has 1 aromatic carbocycles. The standard InChI is InChI=1S/C24H29N3O5/c1-31-22(29)19-12-17(13-20(14-19)26-21(28)18-6-11-32-16-18)15-25-23(30)24(7-2-3-8-24)27-9-4-5-10-27/h6,11-14,16H,2-5,7-10,15H2,1H3,(H,25,30)(H,26,28). The van der Waals surface area contributed by atoms with Gasteiger partial charge in [0.15, 0.2) is 0 Å². The molecule has 1 saturated heterocycles. The van der Waals surface area contributed by atoms with E-state index in [0.717, 1.165) is 51.6 Å². The minimum atomic E-state index is -0.513. The Hall–Kier alpha value is -3.13. The zero-order valence-electron chi connectivity index (χ0n) is 18.3. The maximum Gasteiger partial charge on any atom is 0.337 e. The van der Waals surface area contributed by atoms with Crippen molar-refractivity contribution in [2.24, 2.45) is 0 Å². The molecule has 0 unspecified atom stereocenters. The van der Waals surface area contributed by atoms with E-state index in [9.17, 15) is 14.4 Å². The zero-order chi connectivity index (χ0) is 22.6. The number of benzene rings is 1. The quantitative estimate of drug-likeness (QED) is 0.642. The van der Waals surface area contributed by atoms with Crippen molar-refractivity contribution in [3.63, 3.8) is 0 Å². The third-order valence-corrected chi connectivity index (χ3v) is 6.47. The van der Waals surface area contributed by atoms with Crippen LogP contribution in [0.25, 0.3) is 0 Å². The third kappa shape index (κ3) is 4.55. The fraction of sp³-hybridized carbons (Fsp3) is 0.458. The molecule has 8 heteroatoms. The summed E-state index contributed by atoms with van der Waals surface area (Å²) in [7, 11) is 1.31. The Morgan fingerprint density at radius 1 is 1.06 bits per heavy atom. The molecule has 8 nitrogen and oxygen atoms in total. The topological polar surface area (TPSA) is 101 Å². The van der Waals surface area contributed by atoms with E-state index >= 15 is 0 Å². The summed E-state index contributed by atoms with van der Waals surface area (Å²) in [5.41, 5.74) is 1.40. The predicted octanol–water partition coefficient (Wildman–Crippen LogP) is 3.34. The smallest absolute Gasteiger partial charge is 0.337 e. The van der Waals surface area contributed by atoms with Crippen LogP contribution in [0.2, 0.25) is 0 Å². The second-order valence-corrected chi connectivity index (χ2v) is 8.49. The molecular formula is C24H29N3O5. The highest BCUT2D eigenvalue weighted by atomic mass is 16.5. The van der Waals surface area contributed by atoms with Crippen molar-refractivity contribution in [3.05, 3.63) is 53.5 Å². The number of furan rings is 1. The molecule has 2 aromatic rings. The largest absolute Gasteiger partial charge is 0.472 e. The highest BCUT2D eigenvalue weighted by Gasteiger charge is 2.46. The van der Waals surface area contributed by atoms with Crippen molar-refractivity contribution < 1.29 is 23.5 Å². The first-order valence-corrected chi connectivity index (χ1v) is 11.1. The summed E-state index contributed by atoms with van der Waals surface area (Å²) in [6.07, 6.45) is 8.92. The van der Waals surface area contributed by atoms with E-state index < -0.39 is 11.5 Å². The van der Waals surface area contributed by atoms with Gasteiger partial charge in [-0.2, -0.15) is 0 Å². The lowest BCUT2D eigenvalue weighted by molar-refractivity contribution is -0.133. The number of hydrogen-bond acceptors (Lipinski definition) is 6. The normalized spacial score (nSPS) is 17.8. The molecule has 1 aliphatic carbocycles. The van der Waals surface area contributed by atoms with Crippen molar-refractivity contribution >= 4 is 23.5 Å². The molecular weight excluding hydrogens is 410 g/mol. The highest BCUT2D eigenvalue weighted by molar-refractivity contribution is 6.04. The van der Waals surface area contributed by atoms with Crippen molar-refractivity contribution in [2.45, 2.75) is 50.6 Å². The molecule has 32 heavy (non-hydrogen) atoms. The molecule has 170 valence electrons. The lowest BCUT2D eigenvalue weighted by atomic mass is 9.94. The lowest BCUT2D eigenvalue weighted by Crippen LogP contribution is -2.56. The van der Waals surface area contributed by atoms with Crippen molar-refractivity contribution in [1.82, 2.24) is 10.2 Å². The Morgan fingerprint density at radius 2 is 1.81 bits per heavy atom. The number of likely N-dealkylation sites (tertiary alicyclic amines) is 1. The second-order valence-electron chi connectivity index (χ2n) is 8.49. The van der Waals surface area contributed by atoms with Crippen LogP contribution >= 0.6 is 0 Å². The van der Waals surface area contributed by atoms with E-state index in [-0.39, 0.29) is 18.4 Å². The maximum absolute atomic E-state index is 13.3. The number of methoxy groups -OCH3 is 1. The van der Waals surface area contributed by atoms with Crippen LogP contribution in [0, 0.1) is 0 Å². The molecule has 2 N–H and O–H groups in total. The molecule has 2 aliphatic rings. The lowest BCUT2D eigenvalue weighted by Gasteiger charge is -2.37. The minimum absolute atomic E-state index is 0.0457. The molecule has 2 heterocycles. The maximum atomic E-state index is 13.3. The molecule has 1 aromatic heterocycles. The molecule has 2 fully saturated rings. The van der Waals surface area contributed by atoms with Gasteiger partial charge in [0.2, 0.25) is 5.91 Å². The van der Waals surface area contributed by atoms with Gasteiger partial charge in [-0.3, -0.25) is 14.5 Å². The van der Waals surface area contributed by atoms with Crippen LogP contribution in [0.5, 0.6) is 0 Å². The average molecular weight is 440 g/mol. The number of amides is 2. The molecule has 4 rings (SSSR count). The minimum Gasteiger partial charge on any atom is -0.472 e. The van der Waals surface area contributed by atoms with Gasteiger partial charge in [-0.15, -0.1) is 0 Å². The van der Waals surface area contributed by atoms with Crippen LogP contribution in [0.1, 0.15) is 64.8 Å². The summed E-state index contributed by atoms with van der Waals surface area (Å²) in [6.45, 7) is 2.19. The molecule has 0 spiro atoms. The van der Waals surface area contributed by atoms with Gasteiger partial charge in [0.05, 0.1) is 24.5 Å². The van der Waals surface area contributed by atoms with E-state index in [2.05, 4.69) is 15.5 Å². The molecule has 0 radical (unpaired) electrons. The number of carbonyl (C=O) groups is 3. The van der Waals surface area contributed by atoms with Crippen LogP contribution in [0.15, 0.2) is 41.2 Å². The van der Waals surface area contributed by atoms with Crippen LogP contribution in [0.3, 0.4) is 0 Å². The Balaban J connectivity index is 1.51. The highest BCUT2D eigenvalue weighted by Crippen LogP contribution is 2.37. The SMILES string of the molecule is COC(=O)c1cc(CNC(=O)C2(N3CCCC3)CCCC2)cc(NC(=O)c2ccoc2)c1. The van der Waals surface area contributed by atoms with E-state index in [4.69, 9.17) is 9.15 Å². The number of hydrogen-bond donors (Lipinski definition) is 2. The van der Waals surface area contributed by atoms with Crippen LogP contribution in [0.4, 0.5) is 5.69 Å². The van der Waals surface area contributed by atoms with E-state index in [1.54, 1.807) is 24.3 Å². The Morgan fingerprint density at radius 3 is 2.47 bits per heavy atom. The van der Waals surface area contributed by atoms with Gasteiger partial charge in [0.1, 0.15) is 11.8 Å². The van der Waals surface area contributed by atoms with Crippen LogP contribution in [-0.2, 0) is 16.1 Å². The number of carbonyl (C=O) groups excluding carboxylic acids is 3. The van der Waals surface area contributed by atoms with Crippen molar-refractivity contribution in [1.29, 1.82) is 0 Å². The van der Waals surface area contributed by atoms with Gasteiger partial charge in [0.25, 0.3) is 5.91 Å². The first-order chi connectivity index (χ1) is 15.5. The number of nitrogens with zero attached hydrogens (tertiary/aromatic N) is 1. The average Bonchev–Trinajstić information content (AvgIpc) is 3.58. The van der Waals surface area contributed by atoms with Gasteiger partial charge < -0.3 is 19.8 Å². The monoisotopic (exact) mass is 439 g/mol. The van der Waals surface area contributed by atoms with Crippen molar-refractivity contribution in [2.75, 3.05) is 25.5 Å². The number of anilines is 1. The Labute approximate surface area is 187 Å². The molecule has 1 saturated carbocycles. The number of esters is 1. The van der Waals surface area contributed by atoms with Gasteiger partial charge in [-0.05, 0) is 68.6 Å². The summed E-state index contributed by atoms with van der Waals surface area (Å²) < 4.78 is 9.81. The van der Waals surface area contributed by atoms with Crippen molar-refractivity contribution in [3.8, 4) is 0 Å². The second kappa shape index (κ2) is 9.56. The molecule has 0 bridgehead atoms. The summed E-state index contributed by atoms with van der Waals surface area (Å²) >= 11 is 0. The summed E-state index contributed by atoms with van der Waals surface area (Å²) in [4.78, 5) is 40.2. The van der Waals surface area contributed by atoms with E-state index in [0.29, 0.717) is 22.4 Å². The predicted molar refractivity (Wildman–Crippen MR) is 118 cm³/mol. The summed E-state index contributed by atoms with van der Waals surface area (Å²) in [5, 5.41) is 5.86. The molecule has 2 amide bonds. The van der Waals surface area contributed by atoms with E-state index in [1.165, 1.54) is 19.6 Å². The van der Waals surface area contributed by atoms with Gasteiger partial charge in [0, 0.05) is 12.2 Å². The number of nitrogens with one attached hydrogen (secondary N) is 2. The molecule has 1 aliphatic heterocycles. The number of rotatable bonds is 7. The summed E-state index contributed by atoms with van der Waals surface area (Å²) in [6, 6.07) is 6.54.